The van der Waals surface area contributed by atoms with Crippen molar-refractivity contribution in [1.82, 2.24) is 9.80 Å². The van der Waals surface area contributed by atoms with Crippen LogP contribution in [0.4, 0.5) is 0 Å². The van der Waals surface area contributed by atoms with Gasteiger partial charge in [-0.05, 0) is 52.6 Å². The molecule has 0 spiro atoms. The van der Waals surface area contributed by atoms with Gasteiger partial charge < -0.3 is 20.4 Å². The number of aliphatic hydroxyl groups is 4. The first-order valence-corrected chi connectivity index (χ1v) is 9.37. The van der Waals surface area contributed by atoms with Gasteiger partial charge in [-0.2, -0.15) is 0 Å². The average Bonchev–Trinajstić information content (AvgIpc) is 3.25. The molecule has 0 aliphatic carbocycles. The second-order valence-electron chi connectivity index (χ2n) is 7.05. The van der Waals surface area contributed by atoms with Gasteiger partial charge in [0.15, 0.2) is 0 Å². The number of nitrogens with zero attached hydrogens (tertiary/aromatic N) is 2. The monoisotopic (exact) mass is 374 g/mol. The Labute approximate surface area is 155 Å². The van der Waals surface area contributed by atoms with E-state index in [4.69, 9.17) is 20.4 Å². The van der Waals surface area contributed by atoms with Crippen LogP contribution in [-0.2, 0) is 9.59 Å². The van der Waals surface area contributed by atoms with Gasteiger partial charge in [0.2, 0.25) is 0 Å². The van der Waals surface area contributed by atoms with Crippen LogP contribution >= 0.6 is 0 Å². The van der Waals surface area contributed by atoms with Gasteiger partial charge >= 0.3 is 0 Å². The topological polar surface area (TPSA) is 122 Å². The highest BCUT2D eigenvalue weighted by molar-refractivity contribution is 5.82. The highest BCUT2D eigenvalue weighted by Gasteiger charge is 2.32. The predicted octanol–water partition coefficient (Wildman–Crippen LogP) is -1.21. The summed E-state index contributed by atoms with van der Waals surface area (Å²) in [5.41, 5.74) is 0. The number of hydrogen-bond donors (Lipinski definition) is 4. The quantitative estimate of drug-likeness (QED) is 0.417. The lowest BCUT2D eigenvalue weighted by Crippen LogP contribution is -2.46. The molecule has 152 valence electrons. The molecule has 2 aliphatic rings. The Morgan fingerprint density at radius 2 is 1.15 bits per heavy atom. The minimum atomic E-state index is -0.417. The molecule has 2 unspecified atom stereocenters. The summed E-state index contributed by atoms with van der Waals surface area (Å²) in [6.45, 7) is 4.42. The van der Waals surface area contributed by atoms with Crippen LogP contribution in [0.2, 0.25) is 0 Å². The molecule has 4 N–H and O–H groups in total. The number of rotatable bonds is 8. The van der Waals surface area contributed by atoms with Gasteiger partial charge in [-0.15, -0.1) is 0 Å². The van der Waals surface area contributed by atoms with Gasteiger partial charge in [0.25, 0.3) is 0 Å². The SMILES string of the molecule is CC(=O)[C@@H](CO)N1CCCC1CO.CC(=O)[C@H](CO)N1CCCC1CO. The van der Waals surface area contributed by atoms with Crippen molar-refractivity contribution in [3.8, 4) is 0 Å². The van der Waals surface area contributed by atoms with Gasteiger partial charge in [0.1, 0.15) is 11.6 Å². The fourth-order valence-corrected chi connectivity index (χ4v) is 3.86. The smallest absolute Gasteiger partial charge is 0.149 e. The van der Waals surface area contributed by atoms with Gasteiger partial charge in [0.05, 0.1) is 38.5 Å². The van der Waals surface area contributed by atoms with Crippen LogP contribution in [0.25, 0.3) is 0 Å². The molecule has 2 aliphatic heterocycles. The molecular formula is C18H34N2O6. The molecule has 0 aromatic carbocycles. The lowest BCUT2D eigenvalue weighted by Gasteiger charge is -2.28. The first-order valence-electron chi connectivity index (χ1n) is 9.37. The summed E-state index contributed by atoms with van der Waals surface area (Å²) in [4.78, 5) is 26.1. The molecule has 0 amide bonds. The zero-order valence-corrected chi connectivity index (χ0v) is 15.9. The molecule has 8 nitrogen and oxygen atoms in total. The third-order valence-corrected chi connectivity index (χ3v) is 5.35. The molecule has 2 fully saturated rings. The molecule has 26 heavy (non-hydrogen) atoms. The maximum absolute atomic E-state index is 11.1. The number of aliphatic hydroxyl groups excluding tert-OH is 4. The first-order chi connectivity index (χ1) is 12.4. The third kappa shape index (κ3) is 6.07. The number of ketones is 2. The van der Waals surface area contributed by atoms with Crippen LogP contribution in [0.3, 0.4) is 0 Å². The Balaban J connectivity index is 0.000000260. The molecule has 2 saturated heterocycles. The number of Topliss-reactive ketones (excluding diaryl/α,β-unsaturated/α-hetero) is 2. The lowest BCUT2D eigenvalue weighted by molar-refractivity contribution is -0.125. The van der Waals surface area contributed by atoms with Crippen molar-refractivity contribution in [2.75, 3.05) is 39.5 Å². The minimum absolute atomic E-state index is 0.0251. The maximum Gasteiger partial charge on any atom is 0.149 e. The summed E-state index contributed by atoms with van der Waals surface area (Å²) in [5.74, 6) is -0.0503. The summed E-state index contributed by atoms with van der Waals surface area (Å²) < 4.78 is 0. The van der Waals surface area contributed by atoms with Crippen molar-refractivity contribution in [3.63, 3.8) is 0 Å². The number of hydrogen-bond acceptors (Lipinski definition) is 8. The summed E-state index contributed by atoms with van der Waals surface area (Å²) in [5, 5.41) is 36.1. The van der Waals surface area contributed by atoms with E-state index in [2.05, 4.69) is 0 Å². The largest absolute Gasteiger partial charge is 0.395 e. The Hall–Kier alpha value is -0.900. The number of likely N-dealkylation sites (tertiary alicyclic amines) is 2. The van der Waals surface area contributed by atoms with Crippen molar-refractivity contribution in [2.24, 2.45) is 0 Å². The minimum Gasteiger partial charge on any atom is -0.395 e. The first kappa shape index (κ1) is 23.1. The Morgan fingerprint density at radius 1 is 0.808 bits per heavy atom. The Kier molecular flexibility index (Phi) is 10.4. The molecule has 2 heterocycles. The number of carbonyl (C=O) groups is 2. The van der Waals surface area contributed by atoms with Gasteiger partial charge in [-0.3, -0.25) is 19.4 Å². The van der Waals surface area contributed by atoms with Crippen LogP contribution in [0.1, 0.15) is 39.5 Å². The molecule has 0 bridgehead atoms. The van der Waals surface area contributed by atoms with E-state index in [0.717, 1.165) is 38.8 Å². The van der Waals surface area contributed by atoms with E-state index >= 15 is 0 Å². The molecule has 0 radical (unpaired) electrons. The summed E-state index contributed by atoms with van der Waals surface area (Å²) in [6.07, 6.45) is 3.82. The van der Waals surface area contributed by atoms with Crippen LogP contribution in [0, 0.1) is 0 Å². The summed E-state index contributed by atoms with van der Waals surface area (Å²) >= 11 is 0. The van der Waals surface area contributed by atoms with Crippen molar-refractivity contribution < 1.29 is 30.0 Å². The van der Waals surface area contributed by atoms with E-state index in [1.807, 2.05) is 9.80 Å². The highest BCUT2D eigenvalue weighted by atomic mass is 16.3. The van der Waals surface area contributed by atoms with Crippen LogP contribution in [0.15, 0.2) is 0 Å². The zero-order valence-electron chi connectivity index (χ0n) is 15.9. The Bertz CT molecular complexity index is 407. The molecule has 8 heteroatoms. The van der Waals surface area contributed by atoms with Crippen molar-refractivity contribution in [3.05, 3.63) is 0 Å². The zero-order chi connectivity index (χ0) is 19.7. The van der Waals surface area contributed by atoms with Crippen molar-refractivity contribution >= 4 is 11.6 Å². The van der Waals surface area contributed by atoms with E-state index in [0.29, 0.717) is 0 Å². The second-order valence-corrected chi connectivity index (χ2v) is 7.05. The van der Waals surface area contributed by atoms with E-state index < -0.39 is 12.1 Å². The molecule has 0 aromatic heterocycles. The molecular weight excluding hydrogens is 340 g/mol. The van der Waals surface area contributed by atoms with Gasteiger partial charge in [0, 0.05) is 12.1 Å². The average molecular weight is 374 g/mol. The third-order valence-electron chi connectivity index (χ3n) is 5.35. The molecule has 0 aromatic rings. The van der Waals surface area contributed by atoms with Crippen LogP contribution < -0.4 is 0 Å². The van der Waals surface area contributed by atoms with Crippen molar-refractivity contribution in [2.45, 2.75) is 63.7 Å². The molecule has 2 rings (SSSR count). The normalized spacial score (nSPS) is 26.2. The fourth-order valence-electron chi connectivity index (χ4n) is 3.86. The highest BCUT2D eigenvalue weighted by Crippen LogP contribution is 2.20. The molecule has 0 saturated carbocycles. The predicted molar refractivity (Wildman–Crippen MR) is 96.7 cm³/mol. The lowest BCUT2D eigenvalue weighted by atomic mass is 10.1. The fraction of sp³-hybridized carbons (Fsp3) is 0.889. The maximum atomic E-state index is 11.1. The van der Waals surface area contributed by atoms with Crippen LogP contribution in [0.5, 0.6) is 0 Å². The summed E-state index contributed by atoms with van der Waals surface area (Å²) in [6, 6.07) is -0.721. The number of carbonyl (C=O) groups excluding carboxylic acids is 2. The van der Waals surface area contributed by atoms with Crippen LogP contribution in [-0.4, -0.2) is 105 Å². The Morgan fingerprint density at radius 3 is 1.38 bits per heavy atom. The standard InChI is InChI=1S/2C9H17NO3/c2*1-7(13)9(6-12)10-4-2-3-8(10)5-11/h2*8-9,11-12H,2-6H2,1H3/t2*8?,9-/m10/s1. The van der Waals surface area contributed by atoms with Gasteiger partial charge in [-0.1, -0.05) is 0 Å². The van der Waals surface area contributed by atoms with E-state index in [-0.39, 0.29) is 50.1 Å². The van der Waals surface area contributed by atoms with E-state index in [9.17, 15) is 9.59 Å². The van der Waals surface area contributed by atoms with E-state index in [1.54, 1.807) is 0 Å². The summed E-state index contributed by atoms with van der Waals surface area (Å²) in [7, 11) is 0. The van der Waals surface area contributed by atoms with Gasteiger partial charge in [-0.25, -0.2) is 0 Å². The second kappa shape index (κ2) is 11.7. The molecule has 4 atom stereocenters. The van der Waals surface area contributed by atoms with Crippen molar-refractivity contribution in [1.29, 1.82) is 0 Å². The van der Waals surface area contributed by atoms with E-state index in [1.165, 1.54) is 13.8 Å².